The lowest BCUT2D eigenvalue weighted by Gasteiger charge is -2.26. The van der Waals surface area contributed by atoms with Crippen LogP contribution in [0, 0.1) is 11.3 Å². The molecule has 2 N–H and O–H groups in total. The molecule has 2 aromatic rings. The van der Waals surface area contributed by atoms with E-state index in [-0.39, 0.29) is 16.2 Å². The molecule has 1 saturated heterocycles. The van der Waals surface area contributed by atoms with E-state index in [1.54, 1.807) is 6.07 Å². The number of sulfonamides is 1. The minimum Gasteiger partial charge on any atom is -0.497 e. The third-order valence-electron chi connectivity index (χ3n) is 5.49. The molecule has 9 nitrogen and oxygen atoms in total. The third-order valence-corrected chi connectivity index (χ3v) is 9.63. The number of aliphatic hydroxyl groups excluding tert-OH is 1. The highest BCUT2D eigenvalue weighted by molar-refractivity contribution is 7.92. The summed E-state index contributed by atoms with van der Waals surface area (Å²) in [5.41, 5.74) is -3.88. The van der Waals surface area contributed by atoms with Gasteiger partial charge in [0.05, 0.1) is 40.7 Å². The number of sulfone groups is 1. The molecular formula is C20H19F3N2O7S2. The van der Waals surface area contributed by atoms with Gasteiger partial charge in [-0.05, 0) is 42.5 Å². The summed E-state index contributed by atoms with van der Waals surface area (Å²) in [5, 5.41) is 27.5. The van der Waals surface area contributed by atoms with Gasteiger partial charge in [-0.25, -0.2) is 16.8 Å². The van der Waals surface area contributed by atoms with Gasteiger partial charge in [0, 0.05) is 13.1 Å². The lowest BCUT2D eigenvalue weighted by Crippen LogP contribution is -2.49. The van der Waals surface area contributed by atoms with Gasteiger partial charge in [0.25, 0.3) is 0 Å². The molecule has 0 bridgehead atoms. The smallest absolute Gasteiger partial charge is 0.417 e. The predicted molar refractivity (Wildman–Crippen MR) is 111 cm³/mol. The minimum absolute atomic E-state index is 0.145. The molecule has 0 spiro atoms. The van der Waals surface area contributed by atoms with Crippen LogP contribution in [0.1, 0.15) is 11.1 Å². The van der Waals surface area contributed by atoms with Crippen LogP contribution in [0.4, 0.5) is 13.2 Å². The van der Waals surface area contributed by atoms with Crippen LogP contribution >= 0.6 is 0 Å². The Morgan fingerprint density at radius 2 is 1.79 bits per heavy atom. The molecule has 0 unspecified atom stereocenters. The summed E-state index contributed by atoms with van der Waals surface area (Å²) in [7, 11) is -8.34. The van der Waals surface area contributed by atoms with Crippen LogP contribution in [0.5, 0.6) is 5.75 Å². The molecule has 2 aromatic carbocycles. The standard InChI is InChI=1S/C20H19F3N2O7S2/c1-32-14-4-7-17(16(8-14)20(21,22)23)34(30,31)25-10-18(19(27,11-25)12-26)33(28,29)15-5-2-13(9-24)3-6-15/h2-8,18,26-27H,10-12H2,1H3/t18-,19+/m0/s1. The predicted octanol–water partition coefficient (Wildman–Crippen LogP) is 1.16. The first-order valence-corrected chi connectivity index (χ1v) is 12.5. The maximum absolute atomic E-state index is 13.6. The number of ether oxygens (including phenoxy) is 1. The van der Waals surface area contributed by atoms with Crippen LogP contribution in [-0.4, -0.2) is 69.0 Å². The van der Waals surface area contributed by atoms with Gasteiger partial charge in [-0.3, -0.25) is 0 Å². The van der Waals surface area contributed by atoms with E-state index in [0.29, 0.717) is 16.4 Å². The Kier molecular flexibility index (Phi) is 6.72. The zero-order valence-corrected chi connectivity index (χ0v) is 19.2. The van der Waals surface area contributed by atoms with Crippen molar-refractivity contribution in [3.05, 3.63) is 53.6 Å². The molecule has 34 heavy (non-hydrogen) atoms. The highest BCUT2D eigenvalue weighted by Gasteiger charge is 2.55. The van der Waals surface area contributed by atoms with E-state index in [4.69, 9.17) is 10.00 Å². The topological polar surface area (TPSA) is 145 Å². The lowest BCUT2D eigenvalue weighted by molar-refractivity contribution is -0.140. The second kappa shape index (κ2) is 8.82. The van der Waals surface area contributed by atoms with Crippen molar-refractivity contribution in [2.45, 2.75) is 26.8 Å². The molecule has 0 radical (unpaired) electrons. The number of alkyl halides is 3. The normalized spacial score (nSPS) is 21.9. The number of hydrogen-bond donors (Lipinski definition) is 2. The average molecular weight is 521 g/mol. The van der Waals surface area contributed by atoms with Crippen molar-refractivity contribution in [2.75, 3.05) is 26.8 Å². The Balaban J connectivity index is 2.07. The maximum Gasteiger partial charge on any atom is 0.417 e. The number of nitrogens with zero attached hydrogens (tertiary/aromatic N) is 2. The molecule has 2 atom stereocenters. The van der Waals surface area contributed by atoms with Crippen molar-refractivity contribution < 1.29 is 45.0 Å². The van der Waals surface area contributed by atoms with Gasteiger partial charge in [0.15, 0.2) is 9.84 Å². The van der Waals surface area contributed by atoms with E-state index >= 15 is 0 Å². The molecule has 1 aliphatic rings. The second-order valence-electron chi connectivity index (χ2n) is 7.59. The number of aliphatic hydroxyl groups is 2. The van der Waals surface area contributed by atoms with E-state index in [2.05, 4.69) is 0 Å². The van der Waals surface area contributed by atoms with Gasteiger partial charge >= 0.3 is 6.18 Å². The Labute approximate surface area is 193 Å². The summed E-state index contributed by atoms with van der Waals surface area (Å²) >= 11 is 0. The van der Waals surface area contributed by atoms with Gasteiger partial charge in [-0.15, -0.1) is 0 Å². The molecular weight excluding hydrogens is 501 g/mol. The van der Waals surface area contributed by atoms with Crippen molar-refractivity contribution in [3.8, 4) is 11.8 Å². The average Bonchev–Trinajstić information content (AvgIpc) is 3.18. The van der Waals surface area contributed by atoms with E-state index in [1.807, 2.05) is 0 Å². The quantitative estimate of drug-likeness (QED) is 0.577. The minimum atomic E-state index is -5.09. The molecule has 184 valence electrons. The highest BCUT2D eigenvalue weighted by atomic mass is 32.2. The number of β-amino-alcohol motifs (C(OH)–C–C–N with tert-alkyl or cyclic N) is 1. The molecule has 1 aliphatic heterocycles. The summed E-state index contributed by atoms with van der Waals surface area (Å²) in [5.74, 6) is -0.249. The summed E-state index contributed by atoms with van der Waals surface area (Å²) in [6.07, 6.45) is -5.09. The summed E-state index contributed by atoms with van der Waals surface area (Å²) in [6, 6.07) is 8.52. The van der Waals surface area contributed by atoms with Crippen LogP contribution < -0.4 is 4.74 Å². The molecule has 1 fully saturated rings. The lowest BCUT2D eigenvalue weighted by atomic mass is 10.1. The Bertz CT molecular complexity index is 1340. The van der Waals surface area contributed by atoms with E-state index in [1.165, 1.54) is 12.1 Å². The Hall–Kier alpha value is -2.70. The first-order chi connectivity index (χ1) is 15.7. The Morgan fingerprint density at radius 3 is 2.29 bits per heavy atom. The maximum atomic E-state index is 13.6. The first-order valence-electron chi connectivity index (χ1n) is 9.53. The van der Waals surface area contributed by atoms with Gasteiger partial charge in [-0.2, -0.15) is 22.7 Å². The summed E-state index contributed by atoms with van der Waals surface area (Å²) in [6.45, 7) is -3.05. The molecule has 0 aliphatic carbocycles. The number of rotatable bonds is 6. The van der Waals surface area contributed by atoms with Crippen LogP contribution in [0.15, 0.2) is 52.3 Å². The fourth-order valence-electron chi connectivity index (χ4n) is 3.65. The van der Waals surface area contributed by atoms with Crippen molar-refractivity contribution >= 4 is 19.9 Å². The fourth-order valence-corrected chi connectivity index (χ4v) is 7.40. The van der Waals surface area contributed by atoms with Crippen molar-refractivity contribution in [3.63, 3.8) is 0 Å². The first kappa shape index (κ1) is 25.9. The second-order valence-corrected chi connectivity index (χ2v) is 11.6. The zero-order valence-electron chi connectivity index (χ0n) is 17.5. The summed E-state index contributed by atoms with van der Waals surface area (Å²) in [4.78, 5) is -1.51. The SMILES string of the molecule is COc1ccc(S(=O)(=O)N2C[C@H](S(=O)(=O)c3ccc(C#N)cc3)[C@](O)(CO)C2)c(C(F)(F)F)c1. The summed E-state index contributed by atoms with van der Waals surface area (Å²) < 4.78 is 98.6. The molecule has 1 heterocycles. The van der Waals surface area contributed by atoms with Crippen LogP contribution in [0.3, 0.4) is 0 Å². The van der Waals surface area contributed by atoms with E-state index < -0.39 is 67.0 Å². The number of nitriles is 1. The Morgan fingerprint density at radius 1 is 1.18 bits per heavy atom. The molecule has 14 heteroatoms. The monoisotopic (exact) mass is 520 g/mol. The number of benzene rings is 2. The molecule has 0 saturated carbocycles. The number of hydrogen-bond acceptors (Lipinski definition) is 8. The molecule has 3 rings (SSSR count). The van der Waals surface area contributed by atoms with Crippen LogP contribution in [0.25, 0.3) is 0 Å². The highest BCUT2D eigenvalue weighted by Crippen LogP contribution is 2.40. The fraction of sp³-hybridized carbons (Fsp3) is 0.350. The zero-order chi connectivity index (χ0) is 25.5. The van der Waals surface area contributed by atoms with Crippen LogP contribution in [0.2, 0.25) is 0 Å². The van der Waals surface area contributed by atoms with Crippen molar-refractivity contribution in [2.24, 2.45) is 0 Å². The number of methoxy groups -OCH3 is 1. The number of halogens is 3. The van der Waals surface area contributed by atoms with Gasteiger partial charge < -0.3 is 14.9 Å². The van der Waals surface area contributed by atoms with Crippen molar-refractivity contribution in [1.29, 1.82) is 5.26 Å². The largest absolute Gasteiger partial charge is 0.497 e. The molecule has 0 amide bonds. The van der Waals surface area contributed by atoms with Crippen LogP contribution in [-0.2, 0) is 26.0 Å². The van der Waals surface area contributed by atoms with E-state index in [0.717, 1.165) is 25.3 Å². The van der Waals surface area contributed by atoms with Gasteiger partial charge in [-0.1, -0.05) is 0 Å². The van der Waals surface area contributed by atoms with Gasteiger partial charge in [0.2, 0.25) is 10.0 Å². The van der Waals surface area contributed by atoms with E-state index in [9.17, 15) is 40.2 Å². The molecule has 0 aromatic heterocycles. The van der Waals surface area contributed by atoms with Gasteiger partial charge in [0.1, 0.15) is 16.6 Å². The van der Waals surface area contributed by atoms with Crippen molar-refractivity contribution in [1.82, 2.24) is 4.31 Å². The third kappa shape index (κ3) is 4.49.